The number of aryl methyl sites for hydroxylation is 1. The van der Waals surface area contributed by atoms with Crippen molar-refractivity contribution in [3.05, 3.63) is 77.1 Å². The Morgan fingerprint density at radius 1 is 1.17 bits per heavy atom. The van der Waals surface area contributed by atoms with E-state index in [2.05, 4.69) is 4.98 Å². The summed E-state index contributed by atoms with van der Waals surface area (Å²) in [6.07, 6.45) is 4.52. The quantitative estimate of drug-likeness (QED) is 0.451. The average molecular weight is 429 g/mol. The van der Waals surface area contributed by atoms with Crippen molar-refractivity contribution >= 4 is 16.7 Å². The fourth-order valence-electron chi connectivity index (χ4n) is 3.11. The van der Waals surface area contributed by atoms with Crippen LogP contribution in [0.5, 0.6) is 11.5 Å². The molecule has 0 spiro atoms. The molecule has 0 saturated heterocycles. The molecule has 0 N–H and O–H groups in total. The summed E-state index contributed by atoms with van der Waals surface area (Å²) in [5.41, 5.74) is 1.13. The zero-order chi connectivity index (χ0) is 21.4. The van der Waals surface area contributed by atoms with Crippen molar-refractivity contribution in [3.63, 3.8) is 0 Å². The van der Waals surface area contributed by atoms with Crippen molar-refractivity contribution < 1.29 is 18.1 Å². The summed E-state index contributed by atoms with van der Waals surface area (Å²) in [5.74, 6) is -1.05. The van der Waals surface area contributed by atoms with Crippen LogP contribution in [0.4, 0.5) is 8.78 Å². The minimum atomic E-state index is -1.24. The van der Waals surface area contributed by atoms with Gasteiger partial charge in [-0.3, -0.25) is 9.20 Å². The molecule has 4 rings (SSSR count). The highest BCUT2D eigenvalue weighted by atomic mass is 32.2. The zero-order valence-electron chi connectivity index (χ0n) is 16.1. The first kappa shape index (κ1) is 20.1. The number of halogens is 2. The first-order chi connectivity index (χ1) is 14.4. The number of aromatic nitrogens is 3. The van der Waals surface area contributed by atoms with Crippen LogP contribution in [0.3, 0.4) is 0 Å². The van der Waals surface area contributed by atoms with E-state index >= 15 is 0 Å². The summed E-state index contributed by atoms with van der Waals surface area (Å²) in [7, 11) is 1.60. The lowest BCUT2D eigenvalue weighted by Crippen LogP contribution is -2.19. The highest BCUT2D eigenvalue weighted by Crippen LogP contribution is 2.36. The standard InChI is InChI=1S/C21H17F2N3O3S/c1-3-30(28)14-5-7-19(29-20-6-4-13(22)8-16(20)23)15(9-14)18-11-25(2)21(27)17-10-24-12-26(17)18/h4-12H,3H2,1-2H3. The van der Waals surface area contributed by atoms with Crippen molar-refractivity contribution in [1.82, 2.24) is 14.0 Å². The van der Waals surface area contributed by atoms with Crippen molar-refractivity contribution in [3.8, 4) is 22.8 Å². The van der Waals surface area contributed by atoms with E-state index in [-0.39, 0.29) is 17.1 Å². The predicted octanol–water partition coefficient (Wildman–Crippen LogP) is 3.90. The van der Waals surface area contributed by atoms with E-state index in [1.165, 1.54) is 23.2 Å². The summed E-state index contributed by atoms with van der Waals surface area (Å²) >= 11 is -1.24. The van der Waals surface area contributed by atoms with Crippen LogP contribution in [0.1, 0.15) is 6.92 Å². The minimum Gasteiger partial charge on any atom is -0.611 e. The predicted molar refractivity (Wildman–Crippen MR) is 109 cm³/mol. The van der Waals surface area contributed by atoms with Crippen molar-refractivity contribution in [2.24, 2.45) is 7.05 Å². The molecule has 0 radical (unpaired) electrons. The van der Waals surface area contributed by atoms with E-state index in [9.17, 15) is 18.1 Å². The molecule has 0 bridgehead atoms. The lowest BCUT2D eigenvalue weighted by molar-refractivity contribution is 0.438. The molecule has 2 heterocycles. The SMILES string of the molecule is CC[S+]([O-])c1ccc(Oc2ccc(F)cc2F)c(-c2cn(C)c(=O)c3cncn23)c1. The summed E-state index contributed by atoms with van der Waals surface area (Å²) in [6, 6.07) is 7.91. The van der Waals surface area contributed by atoms with Crippen LogP contribution in [-0.2, 0) is 18.2 Å². The minimum absolute atomic E-state index is 0.159. The van der Waals surface area contributed by atoms with Gasteiger partial charge < -0.3 is 13.9 Å². The number of benzene rings is 2. The molecule has 2 aromatic heterocycles. The van der Waals surface area contributed by atoms with E-state index in [4.69, 9.17) is 4.74 Å². The molecular weight excluding hydrogens is 412 g/mol. The van der Waals surface area contributed by atoms with Gasteiger partial charge in [0, 0.05) is 30.9 Å². The van der Waals surface area contributed by atoms with Gasteiger partial charge in [0.15, 0.2) is 16.5 Å². The Labute approximate surface area is 173 Å². The fraction of sp³-hybridized carbons (Fsp3) is 0.143. The third kappa shape index (κ3) is 3.57. The van der Waals surface area contributed by atoms with Gasteiger partial charge in [-0.15, -0.1) is 0 Å². The molecule has 0 fully saturated rings. The Morgan fingerprint density at radius 3 is 2.67 bits per heavy atom. The van der Waals surface area contributed by atoms with Gasteiger partial charge >= 0.3 is 0 Å². The second-order valence-corrected chi connectivity index (χ2v) is 8.29. The van der Waals surface area contributed by atoms with Gasteiger partial charge in [0.2, 0.25) is 0 Å². The molecule has 0 saturated carbocycles. The van der Waals surface area contributed by atoms with Gasteiger partial charge in [-0.25, -0.2) is 13.8 Å². The Bertz CT molecular complexity index is 1300. The highest BCUT2D eigenvalue weighted by Gasteiger charge is 2.19. The molecule has 9 heteroatoms. The maximum Gasteiger partial charge on any atom is 0.276 e. The number of fused-ring (bicyclic) bond motifs is 1. The largest absolute Gasteiger partial charge is 0.611 e. The number of imidazole rings is 1. The molecule has 154 valence electrons. The monoisotopic (exact) mass is 429 g/mol. The van der Waals surface area contributed by atoms with Crippen LogP contribution in [0, 0.1) is 11.6 Å². The Balaban J connectivity index is 1.94. The number of nitrogens with zero attached hydrogens (tertiary/aromatic N) is 3. The number of rotatable bonds is 5. The van der Waals surface area contributed by atoms with Gasteiger partial charge in [0.1, 0.15) is 22.8 Å². The van der Waals surface area contributed by atoms with Crippen LogP contribution in [0.2, 0.25) is 0 Å². The smallest absolute Gasteiger partial charge is 0.276 e. The van der Waals surface area contributed by atoms with Gasteiger partial charge in [0.25, 0.3) is 5.56 Å². The molecular formula is C21H17F2N3O3S. The Kier molecular flexibility index (Phi) is 5.31. The molecule has 1 atom stereocenters. The van der Waals surface area contributed by atoms with Crippen LogP contribution in [0.25, 0.3) is 16.8 Å². The first-order valence-electron chi connectivity index (χ1n) is 9.06. The summed E-state index contributed by atoms with van der Waals surface area (Å²) in [5, 5.41) is 0. The van der Waals surface area contributed by atoms with Gasteiger partial charge in [-0.1, -0.05) is 0 Å². The maximum atomic E-state index is 14.2. The first-order valence-corrected chi connectivity index (χ1v) is 10.4. The molecule has 4 aromatic rings. The molecule has 30 heavy (non-hydrogen) atoms. The summed E-state index contributed by atoms with van der Waals surface area (Å²) < 4.78 is 48.6. The summed E-state index contributed by atoms with van der Waals surface area (Å²) in [6.45, 7) is 1.80. The number of ether oxygens (including phenoxy) is 1. The van der Waals surface area contributed by atoms with E-state index in [0.717, 1.165) is 12.1 Å². The molecule has 6 nitrogen and oxygen atoms in total. The van der Waals surface area contributed by atoms with Crippen LogP contribution in [-0.4, -0.2) is 24.3 Å². The Hall–Kier alpha value is -3.17. The highest BCUT2D eigenvalue weighted by molar-refractivity contribution is 7.91. The van der Waals surface area contributed by atoms with Crippen LogP contribution in [0.15, 0.2) is 64.8 Å². The lowest BCUT2D eigenvalue weighted by Gasteiger charge is -2.16. The van der Waals surface area contributed by atoms with E-state index in [1.54, 1.807) is 42.8 Å². The van der Waals surface area contributed by atoms with Gasteiger partial charge in [-0.2, -0.15) is 0 Å². The molecule has 0 aliphatic rings. The number of hydrogen-bond acceptors (Lipinski definition) is 4. The normalized spacial score (nSPS) is 12.3. The second-order valence-electron chi connectivity index (χ2n) is 6.55. The maximum absolute atomic E-state index is 14.2. The number of hydrogen-bond donors (Lipinski definition) is 0. The van der Waals surface area contributed by atoms with Crippen molar-refractivity contribution in [2.45, 2.75) is 11.8 Å². The third-order valence-electron chi connectivity index (χ3n) is 4.62. The van der Waals surface area contributed by atoms with Crippen LogP contribution < -0.4 is 10.3 Å². The molecule has 1 unspecified atom stereocenters. The average Bonchev–Trinajstić information content (AvgIpc) is 3.22. The molecule has 0 aliphatic carbocycles. The summed E-state index contributed by atoms with van der Waals surface area (Å²) in [4.78, 5) is 17.0. The molecule has 2 aromatic carbocycles. The van der Waals surface area contributed by atoms with Crippen LogP contribution >= 0.6 is 0 Å². The zero-order valence-corrected chi connectivity index (χ0v) is 17.0. The second kappa shape index (κ2) is 7.92. The van der Waals surface area contributed by atoms with Crippen molar-refractivity contribution in [2.75, 3.05) is 5.75 Å². The molecule has 0 aliphatic heterocycles. The Morgan fingerprint density at radius 2 is 1.93 bits per heavy atom. The van der Waals surface area contributed by atoms with Gasteiger partial charge in [-0.05, 0) is 42.4 Å². The van der Waals surface area contributed by atoms with E-state index in [1.807, 2.05) is 0 Å². The fourth-order valence-corrected chi connectivity index (χ4v) is 3.91. The lowest BCUT2D eigenvalue weighted by atomic mass is 10.1. The topological polar surface area (TPSA) is 71.6 Å². The van der Waals surface area contributed by atoms with Crippen molar-refractivity contribution in [1.29, 1.82) is 0 Å². The van der Waals surface area contributed by atoms with Gasteiger partial charge in [0.05, 0.1) is 18.2 Å². The van der Waals surface area contributed by atoms with E-state index in [0.29, 0.717) is 27.4 Å². The third-order valence-corrected chi connectivity index (χ3v) is 5.92. The van der Waals surface area contributed by atoms with E-state index < -0.39 is 22.8 Å². The molecule has 0 amide bonds.